The molecule has 0 bridgehead atoms. The Balaban J connectivity index is 1.31. The van der Waals surface area contributed by atoms with Crippen molar-refractivity contribution in [2.45, 2.75) is 32.4 Å². The number of likely N-dealkylation sites (tertiary alicyclic amines) is 1. The van der Waals surface area contributed by atoms with Crippen LogP contribution in [-0.2, 0) is 6.54 Å². The zero-order valence-electron chi connectivity index (χ0n) is 15.4. The molecule has 0 aliphatic carbocycles. The molecule has 27 heavy (non-hydrogen) atoms. The van der Waals surface area contributed by atoms with E-state index in [0.717, 1.165) is 54.6 Å². The number of benzene rings is 2. The van der Waals surface area contributed by atoms with Crippen LogP contribution in [0.4, 0.5) is 4.39 Å². The van der Waals surface area contributed by atoms with Gasteiger partial charge in [-0.05, 0) is 55.7 Å². The van der Waals surface area contributed by atoms with E-state index in [9.17, 15) is 9.18 Å². The van der Waals surface area contributed by atoms with Gasteiger partial charge in [0.1, 0.15) is 11.4 Å². The molecule has 1 amide bonds. The number of nitrogens with one attached hydrogen (secondary N) is 1. The first kappa shape index (κ1) is 17.7. The van der Waals surface area contributed by atoms with E-state index >= 15 is 0 Å². The maximum absolute atomic E-state index is 13.0. The highest BCUT2D eigenvalue weighted by molar-refractivity contribution is 5.96. The lowest BCUT2D eigenvalue weighted by Crippen LogP contribution is -2.44. The van der Waals surface area contributed by atoms with Crippen molar-refractivity contribution in [2.75, 3.05) is 13.1 Å². The molecule has 1 aliphatic heterocycles. The Labute approximate surface area is 158 Å². The van der Waals surface area contributed by atoms with Crippen LogP contribution in [0.1, 0.15) is 34.5 Å². The number of rotatable bonds is 4. The van der Waals surface area contributed by atoms with Crippen LogP contribution in [0.2, 0.25) is 0 Å². The van der Waals surface area contributed by atoms with E-state index in [1.807, 2.05) is 37.3 Å². The zero-order chi connectivity index (χ0) is 18.8. The summed E-state index contributed by atoms with van der Waals surface area (Å²) in [6, 6.07) is 14.5. The maximum atomic E-state index is 13.0. The number of carbonyl (C=O) groups excluding carboxylic acids is 1. The Kier molecular flexibility index (Phi) is 4.94. The quantitative estimate of drug-likeness (QED) is 0.750. The molecule has 5 heteroatoms. The monoisotopic (exact) mass is 366 g/mol. The Hall–Kier alpha value is -2.66. The lowest BCUT2D eigenvalue weighted by Gasteiger charge is -2.32. The average molecular weight is 366 g/mol. The Morgan fingerprint density at radius 1 is 1.15 bits per heavy atom. The predicted octanol–water partition coefficient (Wildman–Crippen LogP) is 4.27. The molecule has 3 aromatic rings. The Morgan fingerprint density at radius 3 is 2.63 bits per heavy atom. The Morgan fingerprint density at radius 2 is 1.89 bits per heavy atom. The molecular weight excluding hydrogens is 343 g/mol. The summed E-state index contributed by atoms with van der Waals surface area (Å²) in [6.07, 6.45) is 1.79. The highest BCUT2D eigenvalue weighted by atomic mass is 19.1. The molecule has 2 heterocycles. The van der Waals surface area contributed by atoms with Gasteiger partial charge in [-0.2, -0.15) is 0 Å². The van der Waals surface area contributed by atoms with Crippen molar-refractivity contribution in [3.05, 3.63) is 71.2 Å². The van der Waals surface area contributed by atoms with Crippen LogP contribution in [-0.4, -0.2) is 29.9 Å². The molecule has 140 valence electrons. The molecule has 1 aliphatic rings. The number of halogens is 1. The van der Waals surface area contributed by atoms with Crippen LogP contribution >= 0.6 is 0 Å². The fourth-order valence-corrected chi connectivity index (χ4v) is 3.61. The lowest BCUT2D eigenvalue weighted by atomic mass is 10.0. The molecule has 4 rings (SSSR count). The van der Waals surface area contributed by atoms with Gasteiger partial charge in [0.2, 0.25) is 0 Å². The summed E-state index contributed by atoms with van der Waals surface area (Å²) >= 11 is 0. The van der Waals surface area contributed by atoms with Crippen LogP contribution < -0.4 is 5.32 Å². The van der Waals surface area contributed by atoms with Crippen LogP contribution in [0, 0.1) is 12.7 Å². The van der Waals surface area contributed by atoms with E-state index in [-0.39, 0.29) is 17.8 Å². The van der Waals surface area contributed by atoms with Crippen molar-refractivity contribution in [1.82, 2.24) is 10.2 Å². The minimum Gasteiger partial charge on any atom is -0.451 e. The number of aryl methyl sites for hydroxylation is 1. The van der Waals surface area contributed by atoms with Gasteiger partial charge in [0.05, 0.1) is 0 Å². The second-order valence-corrected chi connectivity index (χ2v) is 7.30. The van der Waals surface area contributed by atoms with Gasteiger partial charge in [0, 0.05) is 31.1 Å². The smallest absolute Gasteiger partial charge is 0.287 e. The first-order valence-corrected chi connectivity index (χ1v) is 9.35. The fourth-order valence-electron chi connectivity index (χ4n) is 3.61. The molecule has 0 saturated carbocycles. The second kappa shape index (κ2) is 7.53. The summed E-state index contributed by atoms with van der Waals surface area (Å²) < 4.78 is 18.7. The van der Waals surface area contributed by atoms with Gasteiger partial charge >= 0.3 is 0 Å². The summed E-state index contributed by atoms with van der Waals surface area (Å²) in [7, 11) is 0. The van der Waals surface area contributed by atoms with Crippen molar-refractivity contribution in [3.63, 3.8) is 0 Å². The van der Waals surface area contributed by atoms with Crippen molar-refractivity contribution in [1.29, 1.82) is 0 Å². The molecule has 0 spiro atoms. The van der Waals surface area contributed by atoms with E-state index in [2.05, 4.69) is 10.2 Å². The molecule has 0 radical (unpaired) electrons. The number of hydrogen-bond donors (Lipinski definition) is 1. The van der Waals surface area contributed by atoms with E-state index in [4.69, 9.17) is 4.42 Å². The first-order valence-electron chi connectivity index (χ1n) is 9.35. The van der Waals surface area contributed by atoms with Crippen molar-refractivity contribution in [3.8, 4) is 0 Å². The number of piperidine rings is 1. The topological polar surface area (TPSA) is 45.5 Å². The van der Waals surface area contributed by atoms with Gasteiger partial charge in [-0.3, -0.25) is 9.69 Å². The van der Waals surface area contributed by atoms with Crippen LogP contribution in [0.5, 0.6) is 0 Å². The summed E-state index contributed by atoms with van der Waals surface area (Å²) in [6.45, 7) is 4.64. The molecule has 4 nitrogen and oxygen atoms in total. The number of hydrogen-bond acceptors (Lipinski definition) is 3. The van der Waals surface area contributed by atoms with Gasteiger partial charge in [0.15, 0.2) is 5.76 Å². The van der Waals surface area contributed by atoms with Gasteiger partial charge in [-0.15, -0.1) is 0 Å². The van der Waals surface area contributed by atoms with Gasteiger partial charge in [-0.1, -0.05) is 23.8 Å². The lowest BCUT2D eigenvalue weighted by molar-refractivity contribution is 0.0883. The molecule has 1 N–H and O–H groups in total. The molecule has 1 aromatic heterocycles. The van der Waals surface area contributed by atoms with E-state index in [1.54, 1.807) is 6.07 Å². The SMILES string of the molecule is Cc1ccc2oc(C(=O)NC3CCN(Cc4ccc(F)cc4)CC3)cc2c1. The standard InChI is InChI=1S/C22H23FN2O2/c1-15-2-7-20-17(12-15)13-21(27-20)22(26)24-19-8-10-25(11-9-19)14-16-3-5-18(23)6-4-16/h2-7,12-13,19H,8-11,14H2,1H3,(H,24,26). The zero-order valence-corrected chi connectivity index (χ0v) is 15.4. The summed E-state index contributed by atoms with van der Waals surface area (Å²) in [5, 5.41) is 4.05. The third-order valence-corrected chi connectivity index (χ3v) is 5.14. The number of carbonyl (C=O) groups is 1. The average Bonchev–Trinajstić information content (AvgIpc) is 3.08. The predicted molar refractivity (Wildman–Crippen MR) is 103 cm³/mol. The van der Waals surface area contributed by atoms with Crippen LogP contribution in [0.3, 0.4) is 0 Å². The number of fused-ring (bicyclic) bond motifs is 1. The first-order chi connectivity index (χ1) is 13.1. The third-order valence-electron chi connectivity index (χ3n) is 5.14. The minimum absolute atomic E-state index is 0.150. The largest absolute Gasteiger partial charge is 0.451 e. The number of nitrogens with zero attached hydrogens (tertiary/aromatic N) is 1. The Bertz CT molecular complexity index is 941. The minimum atomic E-state index is -0.207. The normalized spacial score (nSPS) is 15.9. The highest BCUT2D eigenvalue weighted by Gasteiger charge is 2.22. The van der Waals surface area contributed by atoms with E-state index in [1.165, 1.54) is 12.1 Å². The van der Waals surface area contributed by atoms with E-state index < -0.39 is 0 Å². The number of amides is 1. The molecule has 1 fully saturated rings. The second-order valence-electron chi connectivity index (χ2n) is 7.30. The van der Waals surface area contributed by atoms with Gasteiger partial charge < -0.3 is 9.73 Å². The van der Waals surface area contributed by atoms with Crippen LogP contribution in [0.25, 0.3) is 11.0 Å². The molecule has 1 saturated heterocycles. The number of furan rings is 1. The summed E-state index contributed by atoms with van der Waals surface area (Å²) in [4.78, 5) is 14.9. The highest BCUT2D eigenvalue weighted by Crippen LogP contribution is 2.21. The van der Waals surface area contributed by atoms with Crippen molar-refractivity contribution < 1.29 is 13.6 Å². The van der Waals surface area contributed by atoms with E-state index in [0.29, 0.717) is 5.76 Å². The maximum Gasteiger partial charge on any atom is 0.287 e. The summed E-state index contributed by atoms with van der Waals surface area (Å²) in [5.74, 6) is 0.00565. The molecular formula is C22H23FN2O2. The molecule has 0 unspecified atom stereocenters. The van der Waals surface area contributed by atoms with Crippen molar-refractivity contribution >= 4 is 16.9 Å². The van der Waals surface area contributed by atoms with Gasteiger partial charge in [-0.25, -0.2) is 4.39 Å². The molecule has 0 atom stereocenters. The van der Waals surface area contributed by atoms with Gasteiger partial charge in [0.25, 0.3) is 5.91 Å². The third kappa shape index (κ3) is 4.19. The fraction of sp³-hybridized carbons (Fsp3) is 0.318. The van der Waals surface area contributed by atoms with Crippen molar-refractivity contribution in [2.24, 2.45) is 0 Å². The summed E-state index contributed by atoms with van der Waals surface area (Å²) in [5.41, 5.74) is 2.99. The molecule has 2 aromatic carbocycles. The van der Waals surface area contributed by atoms with Crippen LogP contribution in [0.15, 0.2) is 52.9 Å².